The van der Waals surface area contributed by atoms with Crippen LogP contribution in [0.25, 0.3) is 0 Å². The number of aliphatic hydroxyl groups is 1. The molecule has 0 bridgehead atoms. The second-order valence-electron chi connectivity index (χ2n) is 2.87. The van der Waals surface area contributed by atoms with Crippen molar-refractivity contribution in [2.24, 2.45) is 0 Å². The number of benzene rings is 1. The van der Waals surface area contributed by atoms with Gasteiger partial charge in [-0.1, -0.05) is 30.3 Å². The maximum absolute atomic E-state index is 10.3. The van der Waals surface area contributed by atoms with E-state index >= 15 is 0 Å². The van der Waals surface area contributed by atoms with Crippen LogP contribution in [0.2, 0.25) is 0 Å². The Morgan fingerprint density at radius 1 is 1.36 bits per heavy atom. The summed E-state index contributed by atoms with van der Waals surface area (Å²) in [6.45, 7) is -0.169. The molecule has 0 heterocycles. The largest absolute Gasteiger partial charge is 1.00 e. The van der Waals surface area contributed by atoms with Crippen molar-refractivity contribution in [3.8, 4) is 0 Å². The van der Waals surface area contributed by atoms with E-state index in [0.717, 1.165) is 5.56 Å². The quantitative estimate of drug-likeness (QED) is 0.526. The number of aliphatic hydroxyl groups excluding tert-OH is 1. The van der Waals surface area contributed by atoms with Gasteiger partial charge in [-0.3, -0.25) is 0 Å². The molecule has 14 heavy (non-hydrogen) atoms. The van der Waals surface area contributed by atoms with Crippen LogP contribution in [0.3, 0.4) is 0 Å². The summed E-state index contributed by atoms with van der Waals surface area (Å²) in [7, 11) is 0. The molecular weight excluding hydrogens is 191 g/mol. The van der Waals surface area contributed by atoms with Crippen molar-refractivity contribution in [2.75, 3.05) is 6.61 Å². The Morgan fingerprint density at radius 3 is 2.36 bits per heavy atom. The van der Waals surface area contributed by atoms with Crippen LogP contribution < -0.4 is 34.7 Å². The van der Waals surface area contributed by atoms with E-state index in [2.05, 4.69) is 0 Å². The minimum Gasteiger partial charge on any atom is -0.550 e. The minimum atomic E-state index is -1.14. The molecule has 0 aromatic heterocycles. The van der Waals surface area contributed by atoms with Crippen LogP contribution in [0.4, 0.5) is 0 Å². The van der Waals surface area contributed by atoms with Crippen molar-refractivity contribution in [3.05, 3.63) is 35.9 Å². The number of hydrogen-bond donors (Lipinski definition) is 1. The van der Waals surface area contributed by atoms with E-state index in [-0.39, 0.29) is 48.5 Å². The fourth-order valence-electron chi connectivity index (χ4n) is 1.21. The third kappa shape index (κ3) is 4.24. The molecular formula is C10H11NaO3. The summed E-state index contributed by atoms with van der Waals surface area (Å²) in [5.74, 6) is -1.49. The monoisotopic (exact) mass is 202 g/mol. The number of hydrogen-bond acceptors (Lipinski definition) is 3. The zero-order valence-corrected chi connectivity index (χ0v) is 10.1. The van der Waals surface area contributed by atoms with Gasteiger partial charge >= 0.3 is 29.6 Å². The van der Waals surface area contributed by atoms with E-state index in [1.165, 1.54) is 0 Å². The molecule has 70 valence electrons. The number of carbonyl (C=O) groups excluding carboxylic acids is 1. The molecule has 0 saturated heterocycles. The normalized spacial score (nSPS) is 11.5. The third-order valence-corrected chi connectivity index (χ3v) is 1.90. The average Bonchev–Trinajstić information content (AvgIpc) is 2.15. The first-order valence-corrected chi connectivity index (χ1v) is 4.09. The molecule has 1 atom stereocenters. The first-order chi connectivity index (χ1) is 6.24. The van der Waals surface area contributed by atoms with E-state index in [1.54, 1.807) is 12.1 Å². The number of rotatable bonds is 4. The first kappa shape index (κ1) is 13.7. The van der Waals surface area contributed by atoms with E-state index in [0.29, 0.717) is 0 Å². The number of carboxylic acids is 1. The number of aliphatic carboxylic acids is 1. The number of carboxylic acid groups (broad SMARTS) is 1. The Morgan fingerprint density at radius 2 is 1.93 bits per heavy atom. The molecule has 1 unspecified atom stereocenters. The minimum absolute atomic E-state index is 0. The first-order valence-electron chi connectivity index (χ1n) is 4.09. The van der Waals surface area contributed by atoms with Crippen LogP contribution in [-0.4, -0.2) is 17.7 Å². The summed E-state index contributed by atoms with van der Waals surface area (Å²) >= 11 is 0. The summed E-state index contributed by atoms with van der Waals surface area (Å²) in [5, 5.41) is 19.3. The maximum atomic E-state index is 10.3. The predicted octanol–water partition coefficient (Wildman–Crippen LogP) is -3.09. The van der Waals surface area contributed by atoms with E-state index in [1.807, 2.05) is 18.2 Å². The summed E-state index contributed by atoms with van der Waals surface area (Å²) in [6, 6.07) is 9.06. The van der Waals surface area contributed by atoms with Gasteiger partial charge in [0, 0.05) is 11.9 Å². The van der Waals surface area contributed by atoms with E-state index in [9.17, 15) is 9.90 Å². The molecule has 1 aromatic rings. The average molecular weight is 202 g/mol. The van der Waals surface area contributed by atoms with Crippen LogP contribution in [0.15, 0.2) is 30.3 Å². The third-order valence-electron chi connectivity index (χ3n) is 1.90. The summed E-state index contributed by atoms with van der Waals surface area (Å²) in [6.07, 6.45) is -0.138. The van der Waals surface area contributed by atoms with Gasteiger partial charge in [0.05, 0.1) is 6.61 Å². The molecule has 0 amide bonds. The second kappa shape index (κ2) is 7.01. The van der Waals surface area contributed by atoms with Crippen molar-refractivity contribution in [2.45, 2.75) is 12.3 Å². The van der Waals surface area contributed by atoms with Crippen molar-refractivity contribution < 1.29 is 44.6 Å². The van der Waals surface area contributed by atoms with Crippen LogP contribution in [0.1, 0.15) is 17.9 Å². The van der Waals surface area contributed by atoms with Gasteiger partial charge in [0.15, 0.2) is 0 Å². The Labute approximate surface area is 105 Å². The number of carbonyl (C=O) groups is 1. The molecule has 0 fully saturated rings. The van der Waals surface area contributed by atoms with Crippen LogP contribution in [0, 0.1) is 0 Å². The standard InChI is InChI=1S/C10H12O3.Na/c11-7-9(6-10(12)13)8-4-2-1-3-5-8;/h1-5,9,11H,6-7H2,(H,12,13);/q;+1/p-1. The Hall–Kier alpha value is -0.350. The molecule has 1 rings (SSSR count). The molecule has 3 nitrogen and oxygen atoms in total. The molecule has 0 radical (unpaired) electrons. The zero-order valence-electron chi connectivity index (χ0n) is 8.14. The zero-order chi connectivity index (χ0) is 9.68. The van der Waals surface area contributed by atoms with Crippen LogP contribution in [0.5, 0.6) is 0 Å². The topological polar surface area (TPSA) is 60.4 Å². The van der Waals surface area contributed by atoms with E-state index in [4.69, 9.17) is 5.11 Å². The van der Waals surface area contributed by atoms with Crippen molar-refractivity contribution in [1.29, 1.82) is 0 Å². The van der Waals surface area contributed by atoms with Gasteiger partial charge in [-0.05, 0) is 12.0 Å². The molecule has 0 spiro atoms. The van der Waals surface area contributed by atoms with Gasteiger partial charge in [-0.25, -0.2) is 0 Å². The van der Waals surface area contributed by atoms with Crippen molar-refractivity contribution in [3.63, 3.8) is 0 Å². The smallest absolute Gasteiger partial charge is 0.550 e. The second-order valence-corrected chi connectivity index (χ2v) is 2.87. The SMILES string of the molecule is O=C([O-])CC(CO)c1ccccc1.[Na+]. The van der Waals surface area contributed by atoms with Crippen LogP contribution in [-0.2, 0) is 4.79 Å². The van der Waals surface area contributed by atoms with Gasteiger partial charge in [0.1, 0.15) is 0 Å². The van der Waals surface area contributed by atoms with Crippen LogP contribution >= 0.6 is 0 Å². The molecule has 0 aliphatic carbocycles. The fraction of sp³-hybridized carbons (Fsp3) is 0.300. The maximum Gasteiger partial charge on any atom is 1.00 e. The van der Waals surface area contributed by atoms with Crippen molar-refractivity contribution >= 4 is 5.97 Å². The van der Waals surface area contributed by atoms with Gasteiger partial charge in [-0.2, -0.15) is 0 Å². The summed E-state index contributed by atoms with van der Waals surface area (Å²) < 4.78 is 0. The molecule has 1 aromatic carbocycles. The van der Waals surface area contributed by atoms with Gasteiger partial charge < -0.3 is 15.0 Å². The van der Waals surface area contributed by atoms with E-state index < -0.39 is 5.97 Å². The van der Waals surface area contributed by atoms with Gasteiger partial charge in [-0.15, -0.1) is 0 Å². The Balaban J connectivity index is 0.00000169. The van der Waals surface area contributed by atoms with Crippen molar-refractivity contribution in [1.82, 2.24) is 0 Å². The predicted molar refractivity (Wildman–Crippen MR) is 45.9 cm³/mol. The fourth-order valence-corrected chi connectivity index (χ4v) is 1.21. The molecule has 0 aliphatic rings. The van der Waals surface area contributed by atoms with Gasteiger partial charge in [0.2, 0.25) is 0 Å². The summed E-state index contributed by atoms with van der Waals surface area (Å²) in [4.78, 5) is 10.3. The Bertz CT molecular complexity index is 274. The molecule has 1 N–H and O–H groups in total. The molecule has 0 aliphatic heterocycles. The molecule has 4 heteroatoms. The van der Waals surface area contributed by atoms with Gasteiger partial charge in [0.25, 0.3) is 0 Å². The Kier molecular flexibility index (Phi) is 6.83. The molecule has 0 saturated carbocycles. The summed E-state index contributed by atoms with van der Waals surface area (Å²) in [5.41, 5.74) is 0.828.